The van der Waals surface area contributed by atoms with Crippen LogP contribution < -0.4 is 10.6 Å². The van der Waals surface area contributed by atoms with Gasteiger partial charge in [-0.25, -0.2) is 0 Å². The molecule has 1 unspecified atom stereocenters. The van der Waals surface area contributed by atoms with Gasteiger partial charge in [0.05, 0.1) is 0 Å². The third kappa shape index (κ3) is 5.13. The fourth-order valence-electron chi connectivity index (χ4n) is 2.75. The third-order valence-electron chi connectivity index (χ3n) is 4.71. The summed E-state index contributed by atoms with van der Waals surface area (Å²) in [5.41, 5.74) is 1.93. The van der Waals surface area contributed by atoms with Gasteiger partial charge in [-0.3, -0.25) is 4.99 Å². The molecule has 0 saturated heterocycles. The van der Waals surface area contributed by atoms with Gasteiger partial charge in [-0.15, -0.1) is 24.0 Å². The zero-order chi connectivity index (χ0) is 14.4. The highest BCUT2D eigenvalue weighted by atomic mass is 127. The summed E-state index contributed by atoms with van der Waals surface area (Å²) in [5.74, 6) is 1.45. The molecule has 1 fully saturated rings. The van der Waals surface area contributed by atoms with Crippen LogP contribution in [-0.4, -0.2) is 26.1 Å². The maximum atomic E-state index is 4.33. The van der Waals surface area contributed by atoms with Gasteiger partial charge >= 0.3 is 0 Å². The minimum Gasteiger partial charge on any atom is -0.356 e. The van der Waals surface area contributed by atoms with E-state index in [9.17, 15) is 0 Å². The Balaban J connectivity index is 0.00000220. The highest BCUT2D eigenvalue weighted by Gasteiger charge is 2.34. The molecule has 1 aliphatic rings. The first-order valence-corrected chi connectivity index (χ1v) is 8.60. The molecule has 3 nitrogen and oxygen atoms in total. The van der Waals surface area contributed by atoms with Crippen LogP contribution in [0.4, 0.5) is 0 Å². The SMILES string of the molecule is CCC1(CNC(=NC)NCC(C)c2ccsc2)CCC1.I. The van der Waals surface area contributed by atoms with Crippen LogP contribution in [0.5, 0.6) is 0 Å². The number of rotatable bonds is 6. The zero-order valence-corrected chi connectivity index (χ0v) is 16.5. The molecular weight excluding hydrogens is 393 g/mol. The van der Waals surface area contributed by atoms with Crippen LogP contribution in [-0.2, 0) is 0 Å². The zero-order valence-electron chi connectivity index (χ0n) is 13.3. The van der Waals surface area contributed by atoms with Gasteiger partial charge in [0.2, 0.25) is 0 Å². The Kier molecular flexibility index (Phi) is 8.02. The predicted octanol–water partition coefficient (Wildman–Crippen LogP) is 4.21. The molecule has 1 aromatic rings. The quantitative estimate of drug-likeness (QED) is 0.410. The second-order valence-corrected chi connectivity index (χ2v) is 6.75. The van der Waals surface area contributed by atoms with Gasteiger partial charge in [-0.1, -0.05) is 20.3 Å². The van der Waals surface area contributed by atoms with Crippen LogP contribution in [0.25, 0.3) is 0 Å². The van der Waals surface area contributed by atoms with Crippen LogP contribution in [0, 0.1) is 5.41 Å². The van der Waals surface area contributed by atoms with Crippen LogP contribution in [0.15, 0.2) is 21.8 Å². The maximum Gasteiger partial charge on any atom is 0.191 e. The molecule has 5 heteroatoms. The van der Waals surface area contributed by atoms with Crippen molar-refractivity contribution in [3.8, 4) is 0 Å². The molecule has 1 heterocycles. The molecule has 21 heavy (non-hydrogen) atoms. The minimum atomic E-state index is 0. The molecule has 120 valence electrons. The molecular formula is C16H28IN3S. The Labute approximate surface area is 150 Å². The van der Waals surface area contributed by atoms with E-state index in [-0.39, 0.29) is 24.0 Å². The van der Waals surface area contributed by atoms with Crippen LogP contribution in [0.1, 0.15) is 51.0 Å². The van der Waals surface area contributed by atoms with Crippen molar-refractivity contribution in [2.45, 2.75) is 45.4 Å². The molecule has 1 aromatic heterocycles. The van der Waals surface area contributed by atoms with Gasteiger partial charge < -0.3 is 10.6 Å². The van der Waals surface area contributed by atoms with E-state index in [1.54, 1.807) is 11.3 Å². The van der Waals surface area contributed by atoms with E-state index in [1.807, 2.05) is 7.05 Å². The van der Waals surface area contributed by atoms with E-state index in [0.29, 0.717) is 11.3 Å². The smallest absolute Gasteiger partial charge is 0.191 e. The summed E-state index contributed by atoms with van der Waals surface area (Å²) in [6, 6.07) is 2.20. The monoisotopic (exact) mass is 421 g/mol. The third-order valence-corrected chi connectivity index (χ3v) is 5.41. The van der Waals surface area contributed by atoms with Crippen molar-refractivity contribution < 1.29 is 0 Å². The average Bonchev–Trinajstić information content (AvgIpc) is 2.95. The van der Waals surface area contributed by atoms with E-state index in [4.69, 9.17) is 0 Å². The molecule has 2 rings (SSSR count). The van der Waals surface area contributed by atoms with Crippen LogP contribution in [0.3, 0.4) is 0 Å². The largest absolute Gasteiger partial charge is 0.356 e. The summed E-state index contributed by atoms with van der Waals surface area (Å²) in [5, 5.41) is 11.3. The van der Waals surface area contributed by atoms with Gasteiger partial charge in [0, 0.05) is 20.1 Å². The van der Waals surface area contributed by atoms with Gasteiger partial charge in [0.25, 0.3) is 0 Å². The standard InChI is InChI=1S/C16H27N3S.HI/c1-4-16(7-5-8-16)12-19-15(17-3)18-10-13(2)14-6-9-20-11-14;/h6,9,11,13H,4-5,7-8,10,12H2,1-3H3,(H2,17,18,19);1H. The molecule has 0 radical (unpaired) electrons. The summed E-state index contributed by atoms with van der Waals surface area (Å²) in [6.45, 7) is 6.53. The number of hydrogen-bond acceptors (Lipinski definition) is 2. The first-order chi connectivity index (χ1) is 9.69. The molecule has 0 bridgehead atoms. The van der Waals surface area contributed by atoms with Gasteiger partial charge in [-0.2, -0.15) is 11.3 Å². The summed E-state index contributed by atoms with van der Waals surface area (Å²) >= 11 is 1.76. The number of nitrogens with one attached hydrogen (secondary N) is 2. The highest BCUT2D eigenvalue weighted by molar-refractivity contribution is 14.0. The Morgan fingerprint density at radius 1 is 1.43 bits per heavy atom. The number of nitrogens with zero attached hydrogens (tertiary/aromatic N) is 1. The Bertz CT molecular complexity index is 421. The van der Waals surface area contributed by atoms with Crippen molar-refractivity contribution in [1.29, 1.82) is 0 Å². The number of hydrogen-bond donors (Lipinski definition) is 2. The van der Waals surface area contributed by atoms with Crippen LogP contribution in [0.2, 0.25) is 0 Å². The van der Waals surface area contributed by atoms with E-state index in [1.165, 1.54) is 31.2 Å². The van der Waals surface area contributed by atoms with Crippen molar-refractivity contribution in [2.75, 3.05) is 20.1 Å². The molecule has 0 spiro atoms. The molecule has 0 aromatic carbocycles. The molecule has 1 saturated carbocycles. The van der Waals surface area contributed by atoms with Crippen molar-refractivity contribution in [1.82, 2.24) is 10.6 Å². The normalized spacial score (nSPS) is 18.3. The van der Waals surface area contributed by atoms with E-state index in [2.05, 4.69) is 46.3 Å². The Hall–Kier alpha value is -0.300. The first-order valence-electron chi connectivity index (χ1n) is 7.66. The topological polar surface area (TPSA) is 36.4 Å². The highest BCUT2D eigenvalue weighted by Crippen LogP contribution is 2.42. The van der Waals surface area contributed by atoms with Gasteiger partial charge in [0.1, 0.15) is 0 Å². The summed E-state index contributed by atoms with van der Waals surface area (Å²) < 4.78 is 0. The number of halogens is 1. The van der Waals surface area contributed by atoms with Crippen molar-refractivity contribution in [2.24, 2.45) is 10.4 Å². The number of guanidine groups is 1. The second-order valence-electron chi connectivity index (χ2n) is 5.97. The van der Waals surface area contributed by atoms with Crippen LogP contribution >= 0.6 is 35.3 Å². The maximum absolute atomic E-state index is 4.33. The fraction of sp³-hybridized carbons (Fsp3) is 0.688. The van der Waals surface area contributed by atoms with Crippen molar-refractivity contribution in [3.63, 3.8) is 0 Å². The summed E-state index contributed by atoms with van der Waals surface area (Å²) in [4.78, 5) is 4.33. The average molecular weight is 421 g/mol. The summed E-state index contributed by atoms with van der Waals surface area (Å²) in [7, 11) is 1.85. The van der Waals surface area contributed by atoms with Crippen molar-refractivity contribution >= 4 is 41.3 Å². The molecule has 1 aliphatic carbocycles. The lowest BCUT2D eigenvalue weighted by Gasteiger charge is -2.41. The Morgan fingerprint density at radius 3 is 2.67 bits per heavy atom. The van der Waals surface area contributed by atoms with Crippen molar-refractivity contribution in [3.05, 3.63) is 22.4 Å². The van der Waals surface area contributed by atoms with Gasteiger partial charge in [0.15, 0.2) is 5.96 Å². The molecule has 2 N–H and O–H groups in total. The number of thiophene rings is 1. The first kappa shape index (κ1) is 18.7. The lowest BCUT2D eigenvalue weighted by atomic mass is 9.67. The van der Waals surface area contributed by atoms with E-state index < -0.39 is 0 Å². The molecule has 1 atom stereocenters. The molecule has 0 aliphatic heterocycles. The second kappa shape index (κ2) is 8.98. The lowest BCUT2D eigenvalue weighted by Crippen LogP contribution is -2.46. The minimum absolute atomic E-state index is 0. The predicted molar refractivity (Wildman–Crippen MR) is 104 cm³/mol. The van der Waals surface area contributed by atoms with E-state index in [0.717, 1.165) is 19.0 Å². The summed E-state index contributed by atoms with van der Waals surface area (Å²) in [6.07, 6.45) is 5.37. The number of aliphatic imine (C=N–C) groups is 1. The fourth-order valence-corrected chi connectivity index (χ4v) is 3.53. The molecule has 0 amide bonds. The lowest BCUT2D eigenvalue weighted by molar-refractivity contribution is 0.131. The van der Waals surface area contributed by atoms with E-state index >= 15 is 0 Å². The van der Waals surface area contributed by atoms with Gasteiger partial charge in [-0.05, 0) is 53.0 Å². The Morgan fingerprint density at radius 2 is 2.19 bits per heavy atom.